The van der Waals surface area contributed by atoms with Gasteiger partial charge < -0.3 is 5.32 Å². The Bertz CT molecular complexity index is 1580. The van der Waals surface area contributed by atoms with Crippen molar-refractivity contribution in [3.8, 4) is 18.0 Å². The highest BCUT2D eigenvalue weighted by atomic mass is 16.1. The van der Waals surface area contributed by atoms with E-state index in [1.807, 2.05) is 0 Å². The third-order valence-corrected chi connectivity index (χ3v) is 5.59. The van der Waals surface area contributed by atoms with Crippen LogP contribution in [0.4, 0.5) is 0 Å². The standard InChI is InChI=1S/C28H25N7O2/c1-18(34-27(37)20-9-10-32-24(14-20)28(3,4)17-30)12-23(19(2)31-5)22-13-21(15-29)26(33-16-22)35-11-7-6-8-25(35)36/h6-14,16H,5H2,1-4H3,(H,34,37)/b18-12+,23-19+. The Balaban J connectivity index is 1.97. The molecule has 0 aromatic carbocycles. The summed E-state index contributed by atoms with van der Waals surface area (Å²) in [5.74, 6) is -0.160. The number of carbonyl (C=O) groups excluding carboxylic acids is 1. The molecule has 0 bridgehead atoms. The van der Waals surface area contributed by atoms with Crippen LogP contribution in [0.25, 0.3) is 11.4 Å². The first kappa shape index (κ1) is 26.5. The second-order valence-electron chi connectivity index (χ2n) is 8.72. The van der Waals surface area contributed by atoms with Crippen LogP contribution in [0.3, 0.4) is 0 Å². The molecular formula is C28H25N7O2. The molecule has 0 radical (unpaired) electrons. The molecule has 0 spiro atoms. The van der Waals surface area contributed by atoms with Crippen molar-refractivity contribution in [2.75, 3.05) is 0 Å². The van der Waals surface area contributed by atoms with Gasteiger partial charge in [-0.3, -0.25) is 24.1 Å². The molecule has 0 aliphatic rings. The zero-order valence-electron chi connectivity index (χ0n) is 21.0. The normalized spacial score (nSPS) is 12.1. The molecule has 0 saturated heterocycles. The van der Waals surface area contributed by atoms with Crippen LogP contribution in [0.5, 0.6) is 0 Å². The van der Waals surface area contributed by atoms with E-state index in [0.29, 0.717) is 33.8 Å². The average molecular weight is 492 g/mol. The molecule has 3 aromatic heterocycles. The van der Waals surface area contributed by atoms with E-state index in [1.54, 1.807) is 70.3 Å². The quantitative estimate of drug-likeness (QED) is 0.391. The van der Waals surface area contributed by atoms with Crippen LogP contribution in [-0.4, -0.2) is 27.2 Å². The van der Waals surface area contributed by atoms with E-state index in [-0.39, 0.29) is 22.8 Å². The predicted octanol–water partition coefficient (Wildman–Crippen LogP) is 4.07. The van der Waals surface area contributed by atoms with Crippen LogP contribution < -0.4 is 10.9 Å². The molecule has 9 heteroatoms. The number of allylic oxidation sites excluding steroid dienone is 4. The molecule has 3 rings (SSSR count). The van der Waals surface area contributed by atoms with Crippen LogP contribution in [0.2, 0.25) is 0 Å². The van der Waals surface area contributed by atoms with Crippen LogP contribution in [0, 0.1) is 22.7 Å². The summed E-state index contributed by atoms with van der Waals surface area (Å²) in [4.78, 5) is 37.8. The third kappa shape index (κ3) is 5.92. The molecule has 9 nitrogen and oxygen atoms in total. The molecule has 0 aliphatic carbocycles. The van der Waals surface area contributed by atoms with Gasteiger partial charge in [-0.05, 0) is 64.8 Å². The van der Waals surface area contributed by atoms with Gasteiger partial charge in [0.25, 0.3) is 11.5 Å². The number of nitrogens with one attached hydrogen (secondary N) is 1. The second kappa shape index (κ2) is 11.1. The minimum absolute atomic E-state index is 0.194. The second-order valence-corrected chi connectivity index (χ2v) is 8.72. The van der Waals surface area contributed by atoms with E-state index in [9.17, 15) is 20.1 Å². The highest BCUT2D eigenvalue weighted by Gasteiger charge is 2.22. The maximum absolute atomic E-state index is 12.9. The number of aliphatic imine (C=N–C) groups is 1. The molecule has 0 atom stereocenters. The first-order valence-electron chi connectivity index (χ1n) is 11.2. The summed E-state index contributed by atoms with van der Waals surface area (Å²) < 4.78 is 1.29. The van der Waals surface area contributed by atoms with Crippen LogP contribution in [0.15, 0.2) is 82.2 Å². The summed E-state index contributed by atoms with van der Waals surface area (Å²) in [5, 5.41) is 21.9. The number of amides is 1. The Morgan fingerprint density at radius 1 is 1.16 bits per heavy atom. The molecule has 0 fully saturated rings. The van der Waals surface area contributed by atoms with Crippen LogP contribution >= 0.6 is 0 Å². The van der Waals surface area contributed by atoms with Gasteiger partial charge in [0.2, 0.25) is 0 Å². The Labute approximate surface area is 214 Å². The van der Waals surface area contributed by atoms with Gasteiger partial charge in [-0.25, -0.2) is 4.98 Å². The maximum atomic E-state index is 12.9. The van der Waals surface area contributed by atoms with Gasteiger partial charge in [0, 0.05) is 52.8 Å². The molecular weight excluding hydrogens is 466 g/mol. The number of aromatic nitrogens is 3. The summed E-state index contributed by atoms with van der Waals surface area (Å²) in [6.07, 6.45) is 6.27. The van der Waals surface area contributed by atoms with E-state index in [2.05, 4.69) is 39.1 Å². The monoisotopic (exact) mass is 491 g/mol. The van der Waals surface area contributed by atoms with Gasteiger partial charge in [0.05, 0.1) is 22.7 Å². The van der Waals surface area contributed by atoms with Crippen LogP contribution in [-0.2, 0) is 5.41 Å². The number of hydrogen-bond donors (Lipinski definition) is 1. The lowest BCUT2D eigenvalue weighted by molar-refractivity contribution is 0.0965. The van der Waals surface area contributed by atoms with Crippen molar-refractivity contribution in [2.24, 2.45) is 4.99 Å². The highest BCUT2D eigenvalue weighted by Crippen LogP contribution is 2.25. The van der Waals surface area contributed by atoms with E-state index in [4.69, 9.17) is 0 Å². The van der Waals surface area contributed by atoms with Crippen LogP contribution in [0.1, 0.15) is 54.9 Å². The molecule has 3 aromatic rings. The minimum atomic E-state index is -0.841. The van der Waals surface area contributed by atoms with Crippen molar-refractivity contribution in [1.29, 1.82) is 10.5 Å². The predicted molar refractivity (Wildman–Crippen MR) is 141 cm³/mol. The summed E-state index contributed by atoms with van der Waals surface area (Å²) in [7, 11) is 0. The summed E-state index contributed by atoms with van der Waals surface area (Å²) >= 11 is 0. The number of pyridine rings is 3. The summed E-state index contributed by atoms with van der Waals surface area (Å²) in [5.41, 5.74) is 2.09. The maximum Gasteiger partial charge on any atom is 0.256 e. The van der Waals surface area contributed by atoms with Crippen molar-refractivity contribution in [3.05, 3.63) is 105 Å². The summed E-state index contributed by atoms with van der Waals surface area (Å²) in [6, 6.07) is 13.7. The lowest BCUT2D eigenvalue weighted by Crippen LogP contribution is -2.23. The highest BCUT2D eigenvalue weighted by molar-refractivity contribution is 5.95. The number of hydrogen-bond acceptors (Lipinski definition) is 7. The fourth-order valence-electron chi connectivity index (χ4n) is 3.44. The van der Waals surface area contributed by atoms with Crippen molar-refractivity contribution in [1.82, 2.24) is 19.9 Å². The van der Waals surface area contributed by atoms with Crippen molar-refractivity contribution in [3.63, 3.8) is 0 Å². The van der Waals surface area contributed by atoms with Gasteiger partial charge >= 0.3 is 0 Å². The van der Waals surface area contributed by atoms with E-state index in [0.717, 1.165) is 0 Å². The summed E-state index contributed by atoms with van der Waals surface area (Å²) in [6.45, 7) is 10.5. The fraction of sp³-hybridized carbons (Fsp3) is 0.179. The average Bonchev–Trinajstić information content (AvgIpc) is 2.91. The minimum Gasteiger partial charge on any atom is -0.326 e. The Hall–Kier alpha value is -5.15. The molecule has 3 heterocycles. The topological polar surface area (TPSA) is 137 Å². The van der Waals surface area contributed by atoms with Gasteiger partial charge in [-0.1, -0.05) is 6.07 Å². The van der Waals surface area contributed by atoms with Crippen molar-refractivity contribution in [2.45, 2.75) is 33.1 Å². The Morgan fingerprint density at radius 2 is 1.92 bits per heavy atom. The molecule has 0 saturated carbocycles. The molecule has 184 valence electrons. The van der Waals surface area contributed by atoms with E-state index >= 15 is 0 Å². The van der Waals surface area contributed by atoms with Gasteiger partial charge in [-0.2, -0.15) is 10.5 Å². The molecule has 0 aliphatic heterocycles. The molecule has 0 unspecified atom stereocenters. The number of nitriles is 2. The zero-order chi connectivity index (χ0) is 27.2. The Morgan fingerprint density at radius 3 is 2.57 bits per heavy atom. The van der Waals surface area contributed by atoms with E-state index in [1.165, 1.54) is 23.0 Å². The third-order valence-electron chi connectivity index (χ3n) is 5.59. The lowest BCUT2D eigenvalue weighted by atomic mass is 9.90. The fourth-order valence-corrected chi connectivity index (χ4v) is 3.44. The van der Waals surface area contributed by atoms with Gasteiger partial charge in [0.1, 0.15) is 6.07 Å². The molecule has 37 heavy (non-hydrogen) atoms. The number of nitrogens with zero attached hydrogens (tertiary/aromatic N) is 6. The smallest absolute Gasteiger partial charge is 0.256 e. The van der Waals surface area contributed by atoms with Gasteiger partial charge in [0.15, 0.2) is 5.82 Å². The SMILES string of the molecule is C=N/C(C)=C(\C=C(/C)NC(=O)c1ccnc(C(C)(C)C#N)c1)c1cnc(-n2ccccc2=O)c(C#N)c1. The molecule has 1 N–H and O–H groups in total. The first-order chi connectivity index (χ1) is 17.6. The Kier molecular flexibility index (Phi) is 7.91. The number of carbonyl (C=O) groups is 1. The lowest BCUT2D eigenvalue weighted by Gasteiger charge is -2.15. The van der Waals surface area contributed by atoms with E-state index < -0.39 is 5.41 Å². The van der Waals surface area contributed by atoms with Crippen molar-refractivity contribution < 1.29 is 4.79 Å². The molecule has 1 amide bonds. The first-order valence-corrected chi connectivity index (χ1v) is 11.2. The largest absolute Gasteiger partial charge is 0.326 e. The number of rotatable bonds is 7. The van der Waals surface area contributed by atoms with Crippen molar-refractivity contribution >= 4 is 18.2 Å². The van der Waals surface area contributed by atoms with Gasteiger partial charge in [-0.15, -0.1) is 0 Å². The zero-order valence-corrected chi connectivity index (χ0v) is 21.0.